The van der Waals surface area contributed by atoms with Crippen LogP contribution >= 0.6 is 0 Å². The Labute approximate surface area is 112 Å². The van der Waals surface area contributed by atoms with Crippen LogP contribution < -0.4 is 15.4 Å². The molecule has 0 spiro atoms. The monoisotopic (exact) mass is 265 g/mol. The number of carbonyl (C=O) groups excluding carboxylic acids is 2. The van der Waals surface area contributed by atoms with Crippen molar-refractivity contribution >= 4 is 11.9 Å². The molecule has 0 saturated carbocycles. The molecule has 0 aromatic heterocycles. The Bertz CT molecular complexity index is 409. The summed E-state index contributed by atoms with van der Waals surface area (Å²) in [7, 11) is 3.25. The van der Waals surface area contributed by atoms with Gasteiger partial charge in [-0.05, 0) is 19.2 Å². The van der Waals surface area contributed by atoms with Crippen molar-refractivity contribution in [2.75, 3.05) is 33.8 Å². The third-order valence-electron chi connectivity index (χ3n) is 2.38. The molecule has 2 N–H and O–H groups in total. The minimum atomic E-state index is -0.501. The molecule has 1 aromatic rings. The van der Waals surface area contributed by atoms with Crippen molar-refractivity contribution in [1.82, 2.24) is 15.5 Å². The van der Waals surface area contributed by atoms with E-state index in [4.69, 9.17) is 4.74 Å². The van der Waals surface area contributed by atoms with Gasteiger partial charge in [0.1, 0.15) is 12.4 Å². The molecule has 3 amide bonds. The van der Waals surface area contributed by atoms with Gasteiger partial charge in [-0.1, -0.05) is 18.2 Å². The number of likely N-dealkylation sites (N-methyl/N-ethyl adjacent to an activating group) is 1. The van der Waals surface area contributed by atoms with Crippen LogP contribution in [0, 0.1) is 0 Å². The predicted molar refractivity (Wildman–Crippen MR) is 72.0 cm³/mol. The number of nitrogens with one attached hydrogen (secondary N) is 2. The zero-order valence-corrected chi connectivity index (χ0v) is 11.2. The van der Waals surface area contributed by atoms with Gasteiger partial charge in [-0.25, -0.2) is 4.79 Å². The van der Waals surface area contributed by atoms with Gasteiger partial charge >= 0.3 is 6.03 Å². The second-order valence-corrected chi connectivity index (χ2v) is 4.03. The predicted octanol–water partition coefficient (Wildman–Crippen LogP) is 0.453. The number of para-hydroxylation sites is 1. The molecule has 0 saturated heterocycles. The maximum absolute atomic E-state index is 11.4. The summed E-state index contributed by atoms with van der Waals surface area (Å²) in [6.45, 7) is 1.22. The summed E-state index contributed by atoms with van der Waals surface area (Å²) in [6.07, 6.45) is 0. The Hall–Kier alpha value is -2.08. The van der Waals surface area contributed by atoms with Crippen LogP contribution in [0.3, 0.4) is 0 Å². The van der Waals surface area contributed by atoms with E-state index in [-0.39, 0.29) is 12.5 Å². The number of amides is 3. The summed E-state index contributed by atoms with van der Waals surface area (Å²) in [4.78, 5) is 24.1. The Morgan fingerprint density at radius 3 is 2.58 bits per heavy atom. The minimum absolute atomic E-state index is 0.144. The molecule has 1 rings (SSSR count). The summed E-state index contributed by atoms with van der Waals surface area (Å²) in [5.74, 6) is 0.451. The lowest BCUT2D eigenvalue weighted by Crippen LogP contribution is -2.43. The van der Waals surface area contributed by atoms with Crippen LogP contribution in [0.4, 0.5) is 4.79 Å². The highest BCUT2D eigenvalue weighted by Crippen LogP contribution is 2.07. The van der Waals surface area contributed by atoms with Crippen LogP contribution in [0.15, 0.2) is 30.3 Å². The zero-order valence-electron chi connectivity index (χ0n) is 11.2. The average Bonchev–Trinajstić information content (AvgIpc) is 2.39. The third kappa shape index (κ3) is 6.42. The lowest BCUT2D eigenvalue weighted by Gasteiger charge is -2.16. The quantitative estimate of drug-likeness (QED) is 0.783. The first kappa shape index (κ1) is 15.0. The Balaban J connectivity index is 2.19. The van der Waals surface area contributed by atoms with Crippen molar-refractivity contribution < 1.29 is 14.3 Å². The van der Waals surface area contributed by atoms with Crippen LogP contribution in [-0.4, -0.2) is 50.6 Å². The van der Waals surface area contributed by atoms with Gasteiger partial charge in [0.15, 0.2) is 0 Å². The molecule has 0 bridgehead atoms. The minimum Gasteiger partial charge on any atom is -0.492 e. The van der Waals surface area contributed by atoms with E-state index in [2.05, 4.69) is 10.6 Å². The van der Waals surface area contributed by atoms with Crippen LogP contribution in [0.25, 0.3) is 0 Å². The molecule has 0 aliphatic carbocycles. The first-order valence-electron chi connectivity index (χ1n) is 5.99. The van der Waals surface area contributed by atoms with E-state index in [0.717, 1.165) is 5.75 Å². The number of benzene rings is 1. The Morgan fingerprint density at radius 1 is 1.26 bits per heavy atom. The molecular formula is C13H19N3O3. The van der Waals surface area contributed by atoms with Gasteiger partial charge < -0.3 is 10.1 Å². The lowest BCUT2D eigenvalue weighted by molar-refractivity contribution is -0.120. The molecule has 1 aromatic carbocycles. The van der Waals surface area contributed by atoms with E-state index in [1.807, 2.05) is 30.3 Å². The number of carbonyl (C=O) groups is 2. The zero-order chi connectivity index (χ0) is 14.1. The number of nitrogens with zero attached hydrogens (tertiary/aromatic N) is 1. The Morgan fingerprint density at radius 2 is 1.95 bits per heavy atom. The SMILES string of the molecule is CNC(=O)NC(=O)CN(C)CCOc1ccccc1. The number of hydrogen-bond acceptors (Lipinski definition) is 4. The Kier molecular flexibility index (Phi) is 6.38. The first-order chi connectivity index (χ1) is 9.11. The van der Waals surface area contributed by atoms with E-state index < -0.39 is 6.03 Å². The van der Waals surface area contributed by atoms with E-state index in [1.165, 1.54) is 7.05 Å². The van der Waals surface area contributed by atoms with Crippen molar-refractivity contribution in [2.24, 2.45) is 0 Å². The number of rotatable bonds is 6. The lowest BCUT2D eigenvalue weighted by atomic mass is 10.3. The van der Waals surface area contributed by atoms with Gasteiger partial charge in [0, 0.05) is 13.6 Å². The molecule has 0 radical (unpaired) electrons. The topological polar surface area (TPSA) is 70.7 Å². The van der Waals surface area contributed by atoms with E-state index >= 15 is 0 Å². The molecule has 19 heavy (non-hydrogen) atoms. The maximum atomic E-state index is 11.4. The number of ether oxygens (including phenoxy) is 1. The second kappa shape index (κ2) is 8.10. The number of hydrogen-bond donors (Lipinski definition) is 2. The average molecular weight is 265 g/mol. The van der Waals surface area contributed by atoms with Gasteiger partial charge in [0.25, 0.3) is 0 Å². The molecular weight excluding hydrogens is 246 g/mol. The summed E-state index contributed by atoms with van der Waals surface area (Å²) in [6, 6.07) is 8.96. The number of urea groups is 1. The summed E-state index contributed by atoms with van der Waals surface area (Å²) in [5, 5.41) is 4.52. The van der Waals surface area contributed by atoms with Crippen molar-refractivity contribution in [1.29, 1.82) is 0 Å². The van der Waals surface area contributed by atoms with Crippen LogP contribution in [0.5, 0.6) is 5.75 Å². The molecule has 0 aliphatic heterocycles. The summed E-state index contributed by atoms with van der Waals surface area (Å²) >= 11 is 0. The van der Waals surface area contributed by atoms with Crippen LogP contribution in [0.2, 0.25) is 0 Å². The highest BCUT2D eigenvalue weighted by atomic mass is 16.5. The fraction of sp³-hybridized carbons (Fsp3) is 0.385. The van der Waals surface area contributed by atoms with E-state index in [9.17, 15) is 9.59 Å². The summed E-state index contributed by atoms with van der Waals surface area (Å²) < 4.78 is 5.51. The molecule has 0 aliphatic rings. The molecule has 0 atom stereocenters. The molecule has 104 valence electrons. The highest BCUT2D eigenvalue weighted by molar-refractivity contribution is 5.95. The van der Waals surface area contributed by atoms with Gasteiger partial charge in [0.05, 0.1) is 6.54 Å². The molecule has 0 heterocycles. The number of imide groups is 1. The van der Waals surface area contributed by atoms with Gasteiger partial charge in [-0.2, -0.15) is 0 Å². The van der Waals surface area contributed by atoms with Crippen molar-refractivity contribution in [3.63, 3.8) is 0 Å². The van der Waals surface area contributed by atoms with E-state index in [1.54, 1.807) is 11.9 Å². The van der Waals surface area contributed by atoms with Gasteiger partial charge in [-0.3, -0.25) is 15.0 Å². The fourth-order valence-corrected chi connectivity index (χ4v) is 1.39. The smallest absolute Gasteiger partial charge is 0.321 e. The first-order valence-corrected chi connectivity index (χ1v) is 5.99. The second-order valence-electron chi connectivity index (χ2n) is 4.03. The largest absolute Gasteiger partial charge is 0.492 e. The van der Waals surface area contributed by atoms with Crippen molar-refractivity contribution in [3.05, 3.63) is 30.3 Å². The van der Waals surface area contributed by atoms with Crippen molar-refractivity contribution in [2.45, 2.75) is 0 Å². The highest BCUT2D eigenvalue weighted by Gasteiger charge is 2.09. The molecule has 6 heteroatoms. The van der Waals surface area contributed by atoms with Gasteiger partial charge in [-0.15, -0.1) is 0 Å². The standard InChI is InChI=1S/C13H19N3O3/c1-14-13(18)15-12(17)10-16(2)8-9-19-11-6-4-3-5-7-11/h3-7H,8-10H2,1-2H3,(H2,14,15,17,18). The molecule has 0 fully saturated rings. The van der Waals surface area contributed by atoms with Crippen LogP contribution in [0.1, 0.15) is 0 Å². The van der Waals surface area contributed by atoms with Crippen molar-refractivity contribution in [3.8, 4) is 5.75 Å². The van der Waals surface area contributed by atoms with E-state index in [0.29, 0.717) is 13.2 Å². The van der Waals surface area contributed by atoms with Crippen LogP contribution in [-0.2, 0) is 4.79 Å². The summed E-state index contributed by atoms with van der Waals surface area (Å²) in [5.41, 5.74) is 0. The molecule has 0 unspecified atom stereocenters. The van der Waals surface area contributed by atoms with Gasteiger partial charge in [0.2, 0.25) is 5.91 Å². The third-order valence-corrected chi connectivity index (χ3v) is 2.38. The normalized spacial score (nSPS) is 10.1. The fourth-order valence-electron chi connectivity index (χ4n) is 1.39. The maximum Gasteiger partial charge on any atom is 0.321 e. The molecule has 6 nitrogen and oxygen atoms in total.